The molecular weight excluding hydrogens is 709 g/mol. The van der Waals surface area contributed by atoms with Crippen LogP contribution in [0, 0.1) is 0 Å². The van der Waals surface area contributed by atoms with Gasteiger partial charge in [0.1, 0.15) is 6.10 Å². The number of phosphoric ester groups is 1. The first-order valence-corrected chi connectivity index (χ1v) is 25.2. The molecule has 0 aromatic carbocycles. The van der Waals surface area contributed by atoms with Gasteiger partial charge in [-0.1, -0.05) is 206 Å². The molecule has 328 valence electrons. The van der Waals surface area contributed by atoms with Gasteiger partial charge in [-0.15, -0.1) is 0 Å². The second-order valence-corrected chi connectivity index (χ2v) is 17.4. The molecule has 0 amide bonds. The van der Waals surface area contributed by atoms with Crippen LogP contribution in [0.3, 0.4) is 0 Å². The Morgan fingerprint density at radius 2 is 0.909 bits per heavy atom. The lowest BCUT2D eigenvalue weighted by molar-refractivity contribution is -0.154. The average molecular weight is 802 g/mol. The number of esters is 1. The number of hydrogen-bond donors (Lipinski definition) is 2. The van der Waals surface area contributed by atoms with Crippen LogP contribution in [0.2, 0.25) is 0 Å². The Morgan fingerprint density at radius 1 is 0.527 bits per heavy atom. The molecule has 0 saturated heterocycles. The molecule has 0 aliphatic rings. The topological polar surface area (TPSA) is 117 Å². The van der Waals surface area contributed by atoms with Gasteiger partial charge in [0.15, 0.2) is 0 Å². The smallest absolute Gasteiger partial charge is 0.457 e. The third-order valence-electron chi connectivity index (χ3n) is 10.4. The van der Waals surface area contributed by atoms with E-state index >= 15 is 0 Å². The van der Waals surface area contributed by atoms with E-state index in [1.54, 1.807) is 0 Å². The number of carbonyl (C=O) groups excluding carboxylic acids is 1. The molecule has 0 saturated carbocycles. The quantitative estimate of drug-likeness (QED) is 0.0270. The predicted molar refractivity (Wildman–Crippen MR) is 234 cm³/mol. The van der Waals surface area contributed by atoms with Gasteiger partial charge in [0, 0.05) is 19.6 Å². The Kier molecular flexibility index (Phi) is 43.7. The minimum absolute atomic E-state index is 0.0931. The van der Waals surface area contributed by atoms with Crippen LogP contribution >= 0.6 is 7.82 Å². The first-order chi connectivity index (χ1) is 26.9. The Labute approximate surface area is 341 Å². The molecule has 0 aromatic rings. The highest BCUT2D eigenvalue weighted by molar-refractivity contribution is 7.47. The molecular formula is C46H92NO7P. The molecule has 0 bridgehead atoms. The highest BCUT2D eigenvalue weighted by Crippen LogP contribution is 2.43. The summed E-state index contributed by atoms with van der Waals surface area (Å²) >= 11 is 0. The normalized spacial score (nSPS) is 13.5. The Balaban J connectivity index is 3.95. The van der Waals surface area contributed by atoms with E-state index in [0.29, 0.717) is 13.0 Å². The van der Waals surface area contributed by atoms with Crippen LogP contribution in [0.5, 0.6) is 0 Å². The van der Waals surface area contributed by atoms with Crippen molar-refractivity contribution in [3.8, 4) is 0 Å². The van der Waals surface area contributed by atoms with Crippen molar-refractivity contribution in [1.29, 1.82) is 0 Å². The zero-order valence-electron chi connectivity index (χ0n) is 36.4. The Bertz CT molecular complexity index is 858. The van der Waals surface area contributed by atoms with Gasteiger partial charge in [-0.3, -0.25) is 13.8 Å². The van der Waals surface area contributed by atoms with Crippen LogP contribution in [0.1, 0.15) is 239 Å². The standard InChI is InChI=1S/C46H92NO7P/c1-3-5-7-9-11-13-15-17-19-21-22-23-25-27-29-31-33-35-37-39-46(48)54-45(44-53-55(49,50)52-42-40-47)43-51-41-38-36-34-32-30-28-26-24-20-18-16-14-12-10-8-6-4-2/h20,24,45H,3-19,21-23,25-44,47H2,1-2H3,(H,49,50)/b24-20-. The van der Waals surface area contributed by atoms with Crippen molar-refractivity contribution in [1.82, 2.24) is 0 Å². The maximum Gasteiger partial charge on any atom is 0.472 e. The van der Waals surface area contributed by atoms with Crippen LogP contribution < -0.4 is 5.73 Å². The predicted octanol–water partition coefficient (Wildman–Crippen LogP) is 14.3. The average Bonchev–Trinajstić information content (AvgIpc) is 3.17. The summed E-state index contributed by atoms with van der Waals surface area (Å²) in [6, 6.07) is 0. The van der Waals surface area contributed by atoms with Crippen LogP contribution in [0.25, 0.3) is 0 Å². The fourth-order valence-electron chi connectivity index (χ4n) is 6.93. The minimum Gasteiger partial charge on any atom is -0.457 e. The Hall–Kier alpha value is -0.760. The minimum atomic E-state index is -4.27. The largest absolute Gasteiger partial charge is 0.472 e. The fraction of sp³-hybridized carbons (Fsp3) is 0.935. The van der Waals surface area contributed by atoms with E-state index in [1.165, 1.54) is 186 Å². The molecule has 0 rings (SSSR count). The van der Waals surface area contributed by atoms with E-state index in [1.807, 2.05) is 0 Å². The summed E-state index contributed by atoms with van der Waals surface area (Å²) in [4.78, 5) is 22.5. The molecule has 2 atom stereocenters. The van der Waals surface area contributed by atoms with Gasteiger partial charge in [-0.2, -0.15) is 0 Å². The van der Waals surface area contributed by atoms with Crippen LogP contribution in [-0.4, -0.2) is 49.9 Å². The van der Waals surface area contributed by atoms with Gasteiger partial charge in [-0.05, 0) is 38.5 Å². The number of hydrogen-bond acceptors (Lipinski definition) is 7. The van der Waals surface area contributed by atoms with Gasteiger partial charge in [0.25, 0.3) is 0 Å². The summed E-state index contributed by atoms with van der Waals surface area (Å²) in [5, 5.41) is 0. The van der Waals surface area contributed by atoms with Gasteiger partial charge in [0.05, 0.1) is 19.8 Å². The van der Waals surface area contributed by atoms with Crippen LogP contribution in [0.15, 0.2) is 12.2 Å². The van der Waals surface area contributed by atoms with Gasteiger partial charge in [0.2, 0.25) is 0 Å². The molecule has 0 spiro atoms. The van der Waals surface area contributed by atoms with Crippen LogP contribution in [0.4, 0.5) is 0 Å². The summed E-state index contributed by atoms with van der Waals surface area (Å²) in [7, 11) is -4.27. The third kappa shape index (κ3) is 44.2. The van der Waals surface area contributed by atoms with Crippen molar-refractivity contribution < 1.29 is 32.8 Å². The molecule has 9 heteroatoms. The van der Waals surface area contributed by atoms with Crippen molar-refractivity contribution in [3.05, 3.63) is 12.2 Å². The van der Waals surface area contributed by atoms with Gasteiger partial charge in [-0.25, -0.2) is 4.57 Å². The van der Waals surface area contributed by atoms with Crippen molar-refractivity contribution in [3.63, 3.8) is 0 Å². The molecule has 0 radical (unpaired) electrons. The molecule has 0 aliphatic carbocycles. The third-order valence-corrected chi connectivity index (χ3v) is 11.4. The lowest BCUT2D eigenvalue weighted by Gasteiger charge is -2.20. The molecule has 0 heterocycles. The molecule has 0 fully saturated rings. The van der Waals surface area contributed by atoms with E-state index in [0.717, 1.165) is 32.1 Å². The number of rotatable bonds is 46. The van der Waals surface area contributed by atoms with E-state index in [2.05, 4.69) is 26.0 Å². The van der Waals surface area contributed by atoms with E-state index in [-0.39, 0.29) is 32.3 Å². The second kappa shape index (κ2) is 44.3. The molecule has 0 aromatic heterocycles. The zero-order chi connectivity index (χ0) is 40.2. The molecule has 55 heavy (non-hydrogen) atoms. The summed E-state index contributed by atoms with van der Waals surface area (Å²) < 4.78 is 33.5. The molecule has 0 aliphatic heterocycles. The first-order valence-electron chi connectivity index (χ1n) is 23.7. The summed E-state index contributed by atoms with van der Waals surface area (Å²) in [5.41, 5.74) is 5.38. The first kappa shape index (κ1) is 54.2. The van der Waals surface area contributed by atoms with E-state index in [4.69, 9.17) is 24.3 Å². The number of ether oxygens (including phenoxy) is 2. The molecule has 8 nitrogen and oxygen atoms in total. The zero-order valence-corrected chi connectivity index (χ0v) is 37.3. The Morgan fingerprint density at radius 3 is 1.33 bits per heavy atom. The number of nitrogens with two attached hydrogens (primary N) is 1. The highest BCUT2D eigenvalue weighted by Gasteiger charge is 2.25. The van der Waals surface area contributed by atoms with Crippen molar-refractivity contribution in [2.45, 2.75) is 245 Å². The SMILES string of the molecule is CCCCCCCCC/C=C\CCCCCCCCOCC(COP(=O)(O)OCCN)OC(=O)CCCCCCCCCCCCCCCCCCCCC. The number of carbonyl (C=O) groups is 1. The maximum absolute atomic E-state index is 12.6. The summed E-state index contributed by atoms with van der Waals surface area (Å²) in [5.74, 6) is -0.326. The monoisotopic (exact) mass is 802 g/mol. The molecule has 2 unspecified atom stereocenters. The molecule has 3 N–H and O–H groups in total. The second-order valence-electron chi connectivity index (χ2n) is 16.0. The number of phosphoric acid groups is 1. The number of unbranched alkanes of at least 4 members (excludes halogenated alkanes) is 31. The lowest BCUT2D eigenvalue weighted by Crippen LogP contribution is -2.28. The van der Waals surface area contributed by atoms with Crippen molar-refractivity contribution in [2.24, 2.45) is 5.73 Å². The highest BCUT2D eigenvalue weighted by atomic mass is 31.2. The van der Waals surface area contributed by atoms with Gasteiger partial charge < -0.3 is 20.1 Å². The van der Waals surface area contributed by atoms with E-state index in [9.17, 15) is 14.3 Å². The van der Waals surface area contributed by atoms with Crippen LogP contribution in [-0.2, 0) is 27.9 Å². The summed E-state index contributed by atoms with van der Waals surface area (Å²) in [6.45, 7) is 4.96. The summed E-state index contributed by atoms with van der Waals surface area (Å²) in [6.07, 6.45) is 48.0. The lowest BCUT2D eigenvalue weighted by atomic mass is 10.0. The van der Waals surface area contributed by atoms with Gasteiger partial charge >= 0.3 is 13.8 Å². The van der Waals surface area contributed by atoms with Crippen molar-refractivity contribution in [2.75, 3.05) is 33.0 Å². The fourth-order valence-corrected chi connectivity index (χ4v) is 7.70. The van der Waals surface area contributed by atoms with Crippen molar-refractivity contribution >= 4 is 13.8 Å². The van der Waals surface area contributed by atoms with E-state index < -0.39 is 13.9 Å². The number of allylic oxidation sites excluding steroid dienone is 2. The maximum atomic E-state index is 12.6.